The fraction of sp³-hybridized carbons (Fsp3) is 0.0800. The number of hydrogen-bond acceptors (Lipinski definition) is 7. The second kappa shape index (κ2) is 11.8. The summed E-state index contributed by atoms with van der Waals surface area (Å²) in [6.07, 6.45) is 2.56. The number of nitro benzene ring substituents is 1. The Kier molecular flexibility index (Phi) is 8.52. The highest BCUT2D eigenvalue weighted by Crippen LogP contribution is 2.31. The zero-order chi connectivity index (χ0) is 26.2. The van der Waals surface area contributed by atoms with Crippen molar-refractivity contribution in [2.45, 2.75) is 0 Å². The third kappa shape index (κ3) is 6.76. The van der Waals surface area contributed by atoms with Gasteiger partial charge in [-0.25, -0.2) is 5.43 Å². The van der Waals surface area contributed by atoms with Crippen molar-refractivity contribution in [3.05, 3.63) is 104 Å². The quantitative estimate of drug-likeness (QED) is 0.167. The Morgan fingerprint density at radius 2 is 1.75 bits per heavy atom. The number of aromatic hydroxyl groups is 1. The molecule has 3 aromatic carbocycles. The molecule has 3 rings (SSSR count). The van der Waals surface area contributed by atoms with Gasteiger partial charge in [-0.05, 0) is 51.8 Å². The number of hydrogen-bond donors (Lipinski definition) is 3. The standard InChI is InChI=1S/C25H22BrN5O5/c1-30(2)19-10-8-16(9-11-19)12-22(28-24(33)17-6-4-3-5-7-17)25(34)29-27-15-18-13-20(31(35)36)14-21(26)23(18)32/h3-15,32H,1-2H3,(H,28,33)(H,29,34)/b22-12?,27-15+. The van der Waals surface area contributed by atoms with Crippen LogP contribution in [0.3, 0.4) is 0 Å². The Balaban J connectivity index is 1.86. The van der Waals surface area contributed by atoms with Crippen LogP contribution in [0.15, 0.2) is 82.0 Å². The molecule has 0 bridgehead atoms. The van der Waals surface area contributed by atoms with Gasteiger partial charge in [0, 0.05) is 43.0 Å². The molecule has 0 fully saturated rings. The summed E-state index contributed by atoms with van der Waals surface area (Å²) in [7, 11) is 3.80. The molecule has 0 spiro atoms. The average Bonchev–Trinajstić information content (AvgIpc) is 2.86. The summed E-state index contributed by atoms with van der Waals surface area (Å²) in [4.78, 5) is 38.0. The average molecular weight is 552 g/mol. The molecule has 0 unspecified atom stereocenters. The molecule has 10 nitrogen and oxygen atoms in total. The van der Waals surface area contributed by atoms with E-state index in [-0.39, 0.29) is 27.2 Å². The van der Waals surface area contributed by atoms with Gasteiger partial charge in [-0.2, -0.15) is 5.10 Å². The number of carbonyl (C=O) groups excluding carboxylic acids is 2. The van der Waals surface area contributed by atoms with Crippen LogP contribution in [-0.4, -0.2) is 42.2 Å². The molecule has 11 heteroatoms. The predicted octanol–water partition coefficient (Wildman–Crippen LogP) is 4.05. The smallest absolute Gasteiger partial charge is 0.287 e. The fourth-order valence-electron chi connectivity index (χ4n) is 3.01. The van der Waals surface area contributed by atoms with Crippen LogP contribution >= 0.6 is 15.9 Å². The van der Waals surface area contributed by atoms with E-state index in [1.807, 2.05) is 31.1 Å². The summed E-state index contributed by atoms with van der Waals surface area (Å²) in [5, 5.41) is 27.6. The summed E-state index contributed by atoms with van der Waals surface area (Å²) in [6, 6.07) is 17.9. The maximum Gasteiger partial charge on any atom is 0.287 e. The fourth-order valence-corrected chi connectivity index (χ4v) is 3.47. The van der Waals surface area contributed by atoms with Crippen molar-refractivity contribution in [1.82, 2.24) is 10.7 Å². The van der Waals surface area contributed by atoms with E-state index in [0.29, 0.717) is 11.1 Å². The minimum atomic E-state index is -0.740. The van der Waals surface area contributed by atoms with Gasteiger partial charge in [0.1, 0.15) is 11.4 Å². The van der Waals surface area contributed by atoms with E-state index < -0.39 is 16.7 Å². The molecule has 0 aromatic heterocycles. The van der Waals surface area contributed by atoms with Gasteiger partial charge in [0.05, 0.1) is 15.6 Å². The Bertz CT molecular complexity index is 1340. The summed E-state index contributed by atoms with van der Waals surface area (Å²) >= 11 is 3.05. The van der Waals surface area contributed by atoms with E-state index in [1.54, 1.807) is 42.5 Å². The summed E-state index contributed by atoms with van der Waals surface area (Å²) < 4.78 is 0.0985. The lowest BCUT2D eigenvalue weighted by Crippen LogP contribution is -2.32. The molecular weight excluding hydrogens is 530 g/mol. The first kappa shape index (κ1) is 26.1. The number of rotatable bonds is 8. The maximum atomic E-state index is 12.9. The number of phenols is 1. The van der Waals surface area contributed by atoms with Crippen molar-refractivity contribution in [2.75, 3.05) is 19.0 Å². The summed E-state index contributed by atoms with van der Waals surface area (Å²) in [5.41, 5.74) is 3.90. The van der Waals surface area contributed by atoms with Crippen molar-refractivity contribution >= 4 is 51.4 Å². The first-order valence-corrected chi connectivity index (χ1v) is 11.3. The normalized spacial score (nSPS) is 11.2. The maximum absolute atomic E-state index is 12.9. The monoisotopic (exact) mass is 551 g/mol. The van der Waals surface area contributed by atoms with Gasteiger partial charge in [-0.15, -0.1) is 0 Å². The zero-order valence-corrected chi connectivity index (χ0v) is 20.9. The number of phenolic OH excluding ortho intramolecular Hbond substituents is 1. The van der Waals surface area contributed by atoms with Gasteiger partial charge in [0.25, 0.3) is 17.5 Å². The van der Waals surface area contributed by atoms with E-state index in [2.05, 4.69) is 31.8 Å². The minimum Gasteiger partial charge on any atom is -0.506 e. The van der Waals surface area contributed by atoms with Crippen LogP contribution in [0.5, 0.6) is 5.75 Å². The molecule has 0 aliphatic heterocycles. The van der Waals surface area contributed by atoms with Crippen LogP contribution in [0.2, 0.25) is 0 Å². The molecule has 36 heavy (non-hydrogen) atoms. The van der Waals surface area contributed by atoms with Crippen molar-refractivity contribution in [3.63, 3.8) is 0 Å². The molecule has 184 valence electrons. The molecule has 0 heterocycles. The van der Waals surface area contributed by atoms with E-state index in [0.717, 1.165) is 24.0 Å². The van der Waals surface area contributed by atoms with E-state index >= 15 is 0 Å². The molecule has 0 atom stereocenters. The van der Waals surface area contributed by atoms with Gasteiger partial charge in [-0.1, -0.05) is 30.3 Å². The van der Waals surface area contributed by atoms with Crippen molar-refractivity contribution in [2.24, 2.45) is 5.10 Å². The lowest BCUT2D eigenvalue weighted by molar-refractivity contribution is -0.385. The molecular formula is C25H22BrN5O5. The topological polar surface area (TPSA) is 137 Å². The Morgan fingerprint density at radius 3 is 2.36 bits per heavy atom. The number of carbonyl (C=O) groups is 2. The van der Waals surface area contributed by atoms with Gasteiger partial charge in [-0.3, -0.25) is 19.7 Å². The van der Waals surface area contributed by atoms with Crippen LogP contribution in [0.1, 0.15) is 21.5 Å². The van der Waals surface area contributed by atoms with Gasteiger partial charge in [0.2, 0.25) is 0 Å². The van der Waals surface area contributed by atoms with Gasteiger partial charge in [0.15, 0.2) is 0 Å². The van der Waals surface area contributed by atoms with Gasteiger partial charge >= 0.3 is 0 Å². The predicted molar refractivity (Wildman–Crippen MR) is 141 cm³/mol. The molecule has 0 saturated heterocycles. The highest BCUT2D eigenvalue weighted by molar-refractivity contribution is 9.10. The summed E-state index contributed by atoms with van der Waals surface area (Å²) in [5.74, 6) is -1.52. The number of nitrogens with zero attached hydrogens (tertiary/aromatic N) is 3. The highest BCUT2D eigenvalue weighted by Gasteiger charge is 2.16. The Morgan fingerprint density at radius 1 is 1.08 bits per heavy atom. The molecule has 0 aliphatic carbocycles. The number of nitrogens with one attached hydrogen (secondary N) is 2. The lowest BCUT2D eigenvalue weighted by Gasteiger charge is -2.12. The van der Waals surface area contributed by atoms with Crippen molar-refractivity contribution in [1.29, 1.82) is 0 Å². The molecule has 0 aliphatic rings. The van der Waals surface area contributed by atoms with Crippen LogP contribution in [0.4, 0.5) is 11.4 Å². The third-order valence-electron chi connectivity index (χ3n) is 4.91. The SMILES string of the molecule is CN(C)c1ccc(C=C(NC(=O)c2ccccc2)C(=O)N/N=C/c2cc([N+](=O)[O-])cc(Br)c2O)cc1. The van der Waals surface area contributed by atoms with Gasteiger partial charge < -0.3 is 15.3 Å². The van der Waals surface area contributed by atoms with E-state index in [1.165, 1.54) is 6.08 Å². The Hall–Kier alpha value is -4.51. The number of anilines is 1. The summed E-state index contributed by atoms with van der Waals surface area (Å²) in [6.45, 7) is 0. The zero-order valence-electron chi connectivity index (χ0n) is 19.3. The number of non-ortho nitro benzene ring substituents is 1. The van der Waals surface area contributed by atoms with Crippen LogP contribution in [-0.2, 0) is 4.79 Å². The molecule has 0 saturated carbocycles. The Labute approximate surface area is 215 Å². The molecule has 2 amide bonds. The van der Waals surface area contributed by atoms with E-state index in [9.17, 15) is 24.8 Å². The highest BCUT2D eigenvalue weighted by atomic mass is 79.9. The van der Waals surface area contributed by atoms with Crippen LogP contribution in [0.25, 0.3) is 6.08 Å². The number of hydrazone groups is 1. The first-order valence-electron chi connectivity index (χ1n) is 10.5. The second-order valence-corrected chi connectivity index (χ2v) is 8.54. The molecule has 0 radical (unpaired) electrons. The largest absolute Gasteiger partial charge is 0.506 e. The minimum absolute atomic E-state index is 0.00880. The molecule has 3 N–H and O–H groups in total. The van der Waals surface area contributed by atoms with E-state index in [4.69, 9.17) is 0 Å². The number of benzene rings is 3. The number of amides is 2. The van der Waals surface area contributed by atoms with Crippen molar-refractivity contribution in [3.8, 4) is 5.75 Å². The van der Waals surface area contributed by atoms with Crippen molar-refractivity contribution < 1.29 is 19.6 Å². The first-order chi connectivity index (χ1) is 17.2. The number of nitro groups is 1. The van der Waals surface area contributed by atoms with Crippen LogP contribution in [0, 0.1) is 10.1 Å². The number of halogens is 1. The van der Waals surface area contributed by atoms with Crippen LogP contribution < -0.4 is 15.6 Å². The lowest BCUT2D eigenvalue weighted by atomic mass is 10.1. The third-order valence-corrected chi connectivity index (χ3v) is 5.51. The molecule has 3 aromatic rings. The second-order valence-electron chi connectivity index (χ2n) is 7.69.